The number of carboxylic acids is 1. The molecule has 0 radical (unpaired) electrons. The minimum atomic E-state index is -0.845. The molecule has 0 heterocycles. The van der Waals surface area contributed by atoms with Gasteiger partial charge in [-0.1, -0.05) is 30.3 Å². The highest BCUT2D eigenvalue weighted by atomic mass is 19.1. The zero-order chi connectivity index (χ0) is 15.2. The third-order valence-corrected chi connectivity index (χ3v) is 3.45. The number of hydrogen-bond donors (Lipinski definition) is 1. The molecule has 1 N–H and O–H groups in total. The monoisotopic (exact) mass is 287 g/mol. The van der Waals surface area contributed by atoms with Gasteiger partial charge in [0.1, 0.15) is 5.82 Å². The second-order valence-corrected chi connectivity index (χ2v) is 4.90. The van der Waals surface area contributed by atoms with E-state index in [4.69, 9.17) is 5.11 Å². The molecule has 2 rings (SSSR count). The molecule has 3 nitrogen and oxygen atoms in total. The van der Waals surface area contributed by atoms with Crippen LogP contribution in [0.4, 0.5) is 10.1 Å². The number of para-hydroxylation sites is 1. The molecule has 4 heteroatoms. The van der Waals surface area contributed by atoms with Crippen LogP contribution in [0, 0.1) is 5.82 Å². The van der Waals surface area contributed by atoms with E-state index in [1.165, 1.54) is 12.1 Å². The van der Waals surface area contributed by atoms with Crippen LogP contribution in [0.15, 0.2) is 54.6 Å². The van der Waals surface area contributed by atoms with E-state index >= 15 is 0 Å². The Balaban J connectivity index is 2.28. The molecule has 0 aliphatic carbocycles. The summed E-state index contributed by atoms with van der Waals surface area (Å²) in [5.74, 6) is -1.13. The lowest BCUT2D eigenvalue weighted by atomic mass is 10.1. The van der Waals surface area contributed by atoms with Gasteiger partial charge in [-0.15, -0.1) is 0 Å². The van der Waals surface area contributed by atoms with Crippen molar-refractivity contribution in [3.63, 3.8) is 0 Å². The molecule has 1 atom stereocenters. The maximum Gasteiger partial charge on any atom is 0.305 e. The fourth-order valence-corrected chi connectivity index (χ4v) is 2.33. The van der Waals surface area contributed by atoms with Gasteiger partial charge in [0.05, 0.1) is 12.5 Å². The number of rotatable bonds is 6. The summed E-state index contributed by atoms with van der Waals surface area (Å²) >= 11 is 0. The summed E-state index contributed by atoms with van der Waals surface area (Å²) in [6.45, 7) is 2.32. The molecular weight excluding hydrogens is 269 g/mol. The first-order valence-corrected chi connectivity index (χ1v) is 6.87. The third kappa shape index (κ3) is 4.05. The van der Waals surface area contributed by atoms with E-state index in [2.05, 4.69) is 0 Å². The first-order valence-electron chi connectivity index (χ1n) is 6.87. The minimum absolute atomic E-state index is 0.0363. The molecule has 0 amide bonds. The molecule has 0 saturated carbocycles. The van der Waals surface area contributed by atoms with E-state index < -0.39 is 5.97 Å². The highest BCUT2D eigenvalue weighted by molar-refractivity contribution is 5.67. The molecule has 2 aromatic rings. The first kappa shape index (κ1) is 15.0. The van der Waals surface area contributed by atoms with Gasteiger partial charge in [-0.3, -0.25) is 4.79 Å². The Labute approximate surface area is 123 Å². The number of halogens is 1. The van der Waals surface area contributed by atoms with Gasteiger partial charge >= 0.3 is 5.97 Å². The summed E-state index contributed by atoms with van der Waals surface area (Å²) in [6.07, 6.45) is 0.0363. The maximum absolute atomic E-state index is 13.4. The predicted molar refractivity (Wildman–Crippen MR) is 80.9 cm³/mol. The number of anilines is 1. The van der Waals surface area contributed by atoms with Crippen LogP contribution in [-0.4, -0.2) is 17.6 Å². The number of aliphatic carboxylic acids is 1. The van der Waals surface area contributed by atoms with Gasteiger partial charge in [-0.25, -0.2) is 4.39 Å². The van der Waals surface area contributed by atoms with Crippen molar-refractivity contribution in [1.29, 1.82) is 0 Å². The summed E-state index contributed by atoms with van der Waals surface area (Å²) in [6, 6.07) is 15.9. The largest absolute Gasteiger partial charge is 0.481 e. The van der Waals surface area contributed by atoms with Gasteiger partial charge in [0, 0.05) is 12.2 Å². The van der Waals surface area contributed by atoms with Crippen molar-refractivity contribution in [1.82, 2.24) is 0 Å². The van der Waals surface area contributed by atoms with Crippen molar-refractivity contribution in [3.8, 4) is 0 Å². The molecule has 0 bridgehead atoms. The summed E-state index contributed by atoms with van der Waals surface area (Å²) in [5.41, 5.74) is 1.75. The minimum Gasteiger partial charge on any atom is -0.481 e. The Kier molecular flexibility index (Phi) is 4.93. The van der Waals surface area contributed by atoms with Crippen LogP contribution in [0.3, 0.4) is 0 Å². The van der Waals surface area contributed by atoms with Crippen LogP contribution in [0.1, 0.15) is 24.9 Å². The first-order chi connectivity index (χ1) is 10.1. The second kappa shape index (κ2) is 6.88. The topological polar surface area (TPSA) is 40.5 Å². The lowest BCUT2D eigenvalue weighted by Crippen LogP contribution is -2.29. The lowest BCUT2D eigenvalue weighted by molar-refractivity contribution is -0.136. The third-order valence-electron chi connectivity index (χ3n) is 3.45. The average molecular weight is 287 g/mol. The molecule has 0 aromatic heterocycles. The number of benzene rings is 2. The second-order valence-electron chi connectivity index (χ2n) is 4.90. The summed E-state index contributed by atoms with van der Waals surface area (Å²) in [4.78, 5) is 12.8. The molecule has 1 unspecified atom stereocenters. The lowest BCUT2D eigenvalue weighted by Gasteiger charge is -2.31. The van der Waals surface area contributed by atoms with Crippen LogP contribution in [0.5, 0.6) is 0 Å². The molecule has 0 fully saturated rings. The fraction of sp³-hybridized carbons (Fsp3) is 0.235. The van der Waals surface area contributed by atoms with E-state index in [1.807, 2.05) is 48.2 Å². The molecule has 21 heavy (non-hydrogen) atoms. The molecule has 0 saturated heterocycles. The maximum atomic E-state index is 13.4. The van der Waals surface area contributed by atoms with Gasteiger partial charge in [0.15, 0.2) is 0 Å². The van der Waals surface area contributed by atoms with Gasteiger partial charge in [0.25, 0.3) is 0 Å². The number of carbonyl (C=O) groups is 1. The van der Waals surface area contributed by atoms with E-state index in [9.17, 15) is 9.18 Å². The van der Waals surface area contributed by atoms with Crippen molar-refractivity contribution < 1.29 is 14.3 Å². The highest BCUT2D eigenvalue weighted by Crippen LogP contribution is 2.27. The van der Waals surface area contributed by atoms with E-state index in [-0.39, 0.29) is 18.3 Å². The van der Waals surface area contributed by atoms with Crippen molar-refractivity contribution in [2.24, 2.45) is 0 Å². The Morgan fingerprint density at radius 3 is 2.52 bits per heavy atom. The Morgan fingerprint density at radius 2 is 1.90 bits per heavy atom. The van der Waals surface area contributed by atoms with Crippen LogP contribution in [-0.2, 0) is 4.79 Å². The SMILES string of the molecule is CC(c1cccc(F)c1)N(CCC(=O)O)c1ccccc1. The van der Waals surface area contributed by atoms with Gasteiger partial charge in [-0.05, 0) is 36.8 Å². The Bertz CT molecular complexity index is 601. The van der Waals surface area contributed by atoms with E-state index in [0.717, 1.165) is 11.3 Å². The van der Waals surface area contributed by atoms with Crippen LogP contribution < -0.4 is 4.90 Å². The quantitative estimate of drug-likeness (QED) is 0.876. The normalized spacial score (nSPS) is 11.9. The van der Waals surface area contributed by atoms with Gasteiger partial charge < -0.3 is 10.0 Å². The molecule has 0 aliphatic heterocycles. The molecule has 110 valence electrons. The smallest absolute Gasteiger partial charge is 0.305 e. The Morgan fingerprint density at radius 1 is 1.19 bits per heavy atom. The zero-order valence-electron chi connectivity index (χ0n) is 11.9. The molecular formula is C17H18FNO2. The zero-order valence-corrected chi connectivity index (χ0v) is 11.9. The Hall–Kier alpha value is -2.36. The van der Waals surface area contributed by atoms with Gasteiger partial charge in [0.2, 0.25) is 0 Å². The van der Waals surface area contributed by atoms with Crippen molar-refractivity contribution in [2.45, 2.75) is 19.4 Å². The van der Waals surface area contributed by atoms with Crippen LogP contribution in [0.2, 0.25) is 0 Å². The number of nitrogens with zero attached hydrogens (tertiary/aromatic N) is 1. The molecule has 2 aromatic carbocycles. The molecule has 0 spiro atoms. The van der Waals surface area contributed by atoms with Crippen molar-refractivity contribution >= 4 is 11.7 Å². The van der Waals surface area contributed by atoms with E-state index in [1.54, 1.807) is 6.07 Å². The summed E-state index contributed by atoms with van der Waals surface area (Å²) < 4.78 is 13.4. The number of hydrogen-bond acceptors (Lipinski definition) is 2. The van der Waals surface area contributed by atoms with Crippen molar-refractivity contribution in [2.75, 3.05) is 11.4 Å². The summed E-state index contributed by atoms with van der Waals surface area (Å²) in [7, 11) is 0. The van der Waals surface area contributed by atoms with Crippen molar-refractivity contribution in [3.05, 3.63) is 66.0 Å². The average Bonchev–Trinajstić information content (AvgIpc) is 2.48. The number of carboxylic acid groups (broad SMARTS) is 1. The van der Waals surface area contributed by atoms with Gasteiger partial charge in [-0.2, -0.15) is 0 Å². The highest BCUT2D eigenvalue weighted by Gasteiger charge is 2.17. The van der Waals surface area contributed by atoms with E-state index in [0.29, 0.717) is 6.54 Å². The predicted octanol–water partition coefficient (Wildman–Crippen LogP) is 3.87. The molecule has 0 aliphatic rings. The van der Waals surface area contributed by atoms with Crippen LogP contribution in [0.25, 0.3) is 0 Å². The fourth-order valence-electron chi connectivity index (χ4n) is 2.33. The summed E-state index contributed by atoms with van der Waals surface area (Å²) in [5, 5.41) is 8.92. The van der Waals surface area contributed by atoms with Crippen LogP contribution >= 0.6 is 0 Å². The standard InChI is InChI=1S/C17H18FNO2/c1-13(14-6-5-7-15(18)12-14)19(11-10-17(20)21)16-8-3-2-4-9-16/h2-9,12-13H,10-11H2,1H3,(H,20,21).